The lowest BCUT2D eigenvalue weighted by atomic mass is 10.0. The van der Waals surface area contributed by atoms with Gasteiger partial charge < -0.3 is 19.7 Å². The molecule has 0 unspecified atom stereocenters. The van der Waals surface area contributed by atoms with E-state index in [-0.39, 0.29) is 25.0 Å². The highest BCUT2D eigenvalue weighted by Gasteiger charge is 2.30. The summed E-state index contributed by atoms with van der Waals surface area (Å²) in [6, 6.07) is 24.3. The van der Waals surface area contributed by atoms with Gasteiger partial charge in [0.05, 0.1) is 7.11 Å². The van der Waals surface area contributed by atoms with Crippen LogP contribution in [0.25, 0.3) is 0 Å². The van der Waals surface area contributed by atoms with Gasteiger partial charge in [0, 0.05) is 19.5 Å². The molecule has 0 radical (unpaired) electrons. The number of nitrogens with zero attached hydrogens (tertiary/aromatic N) is 1. The van der Waals surface area contributed by atoms with E-state index in [4.69, 9.17) is 9.47 Å². The van der Waals surface area contributed by atoms with E-state index in [2.05, 4.69) is 19.2 Å². The largest absolute Gasteiger partial charge is 0.497 e. The Balaban J connectivity index is 1.87. The van der Waals surface area contributed by atoms with Crippen molar-refractivity contribution in [2.45, 2.75) is 45.7 Å². The maximum Gasteiger partial charge on any atom is 0.261 e. The number of benzene rings is 3. The number of ether oxygens (including phenoxy) is 2. The number of carbonyl (C=O) groups is 2. The first-order chi connectivity index (χ1) is 17.4. The van der Waals surface area contributed by atoms with Crippen molar-refractivity contribution in [1.29, 1.82) is 0 Å². The van der Waals surface area contributed by atoms with Crippen LogP contribution in [-0.2, 0) is 22.6 Å². The van der Waals surface area contributed by atoms with E-state index in [0.717, 1.165) is 11.1 Å². The zero-order valence-electron chi connectivity index (χ0n) is 21.6. The number of rotatable bonds is 12. The molecule has 0 aliphatic heterocycles. The van der Waals surface area contributed by atoms with Gasteiger partial charge in [0.2, 0.25) is 5.91 Å². The van der Waals surface area contributed by atoms with Crippen molar-refractivity contribution in [1.82, 2.24) is 10.2 Å². The third-order valence-corrected chi connectivity index (χ3v) is 6.02. The third kappa shape index (κ3) is 7.60. The lowest BCUT2D eigenvalue weighted by Crippen LogP contribution is -2.51. The molecule has 36 heavy (non-hydrogen) atoms. The Hall–Kier alpha value is -3.80. The summed E-state index contributed by atoms with van der Waals surface area (Å²) in [6.07, 6.45) is 0.394. The molecule has 0 fully saturated rings. The number of hydrogen-bond donors (Lipinski definition) is 1. The number of methoxy groups -OCH3 is 1. The first-order valence-corrected chi connectivity index (χ1v) is 12.4. The summed E-state index contributed by atoms with van der Waals surface area (Å²) >= 11 is 0. The maximum absolute atomic E-state index is 13.6. The van der Waals surface area contributed by atoms with E-state index in [1.807, 2.05) is 85.8 Å². The Kier molecular flexibility index (Phi) is 9.92. The van der Waals surface area contributed by atoms with Crippen LogP contribution in [0.5, 0.6) is 11.5 Å². The van der Waals surface area contributed by atoms with Gasteiger partial charge >= 0.3 is 0 Å². The predicted octanol–water partition coefficient (Wildman–Crippen LogP) is 4.97. The summed E-state index contributed by atoms with van der Waals surface area (Å²) in [7, 11) is 1.60. The van der Waals surface area contributed by atoms with Crippen molar-refractivity contribution in [3.63, 3.8) is 0 Å². The Morgan fingerprint density at radius 1 is 0.889 bits per heavy atom. The smallest absolute Gasteiger partial charge is 0.261 e. The average molecular weight is 489 g/mol. The van der Waals surface area contributed by atoms with Gasteiger partial charge in [0.1, 0.15) is 17.5 Å². The molecule has 0 saturated carbocycles. The minimum Gasteiger partial charge on any atom is -0.497 e. The third-order valence-electron chi connectivity index (χ3n) is 6.02. The van der Waals surface area contributed by atoms with E-state index >= 15 is 0 Å². The molecule has 6 nitrogen and oxygen atoms in total. The number of nitrogens with one attached hydrogen (secondary N) is 1. The van der Waals surface area contributed by atoms with Crippen LogP contribution in [0.1, 0.15) is 43.4 Å². The van der Waals surface area contributed by atoms with Crippen molar-refractivity contribution in [2.24, 2.45) is 0 Å². The summed E-state index contributed by atoms with van der Waals surface area (Å²) in [4.78, 5) is 28.4. The molecule has 3 rings (SSSR count). The minimum absolute atomic E-state index is 0.171. The molecular weight excluding hydrogens is 452 g/mol. The highest BCUT2D eigenvalue weighted by Crippen LogP contribution is 2.21. The number of hydrogen-bond acceptors (Lipinski definition) is 4. The van der Waals surface area contributed by atoms with Crippen molar-refractivity contribution in [3.05, 3.63) is 95.6 Å². The van der Waals surface area contributed by atoms with E-state index in [1.54, 1.807) is 12.0 Å². The van der Waals surface area contributed by atoms with Crippen LogP contribution in [0.4, 0.5) is 0 Å². The minimum atomic E-state index is -0.696. The van der Waals surface area contributed by atoms with Crippen LogP contribution in [0, 0.1) is 0 Å². The molecule has 0 saturated heterocycles. The molecule has 6 heteroatoms. The Bertz CT molecular complexity index is 1110. The van der Waals surface area contributed by atoms with Crippen molar-refractivity contribution in [2.75, 3.05) is 20.3 Å². The summed E-state index contributed by atoms with van der Waals surface area (Å²) < 4.78 is 11.2. The summed E-state index contributed by atoms with van der Waals surface area (Å²) in [6.45, 7) is 6.68. The summed E-state index contributed by atoms with van der Waals surface area (Å²) in [5, 5.41) is 2.90. The highest BCUT2D eigenvalue weighted by molar-refractivity contribution is 5.88. The van der Waals surface area contributed by atoms with Gasteiger partial charge in [-0.3, -0.25) is 9.59 Å². The first kappa shape index (κ1) is 26.8. The second-order valence-electron chi connectivity index (χ2n) is 8.99. The van der Waals surface area contributed by atoms with E-state index in [1.165, 1.54) is 5.56 Å². The van der Waals surface area contributed by atoms with Gasteiger partial charge in [0.25, 0.3) is 5.91 Å². The molecule has 0 heterocycles. The molecule has 1 N–H and O–H groups in total. The molecule has 190 valence electrons. The fourth-order valence-electron chi connectivity index (χ4n) is 3.99. The van der Waals surface area contributed by atoms with E-state index in [9.17, 15) is 9.59 Å². The quantitative estimate of drug-likeness (QED) is 0.391. The predicted molar refractivity (Wildman–Crippen MR) is 142 cm³/mol. The molecule has 3 aromatic carbocycles. The van der Waals surface area contributed by atoms with Gasteiger partial charge in [-0.25, -0.2) is 0 Å². The summed E-state index contributed by atoms with van der Waals surface area (Å²) in [5.41, 5.74) is 3.04. The van der Waals surface area contributed by atoms with Gasteiger partial charge in [-0.05, 0) is 53.8 Å². The Morgan fingerprint density at radius 2 is 1.58 bits per heavy atom. The van der Waals surface area contributed by atoms with Crippen LogP contribution in [-0.4, -0.2) is 43.0 Å². The van der Waals surface area contributed by atoms with Crippen LogP contribution in [0.2, 0.25) is 0 Å². The Morgan fingerprint density at radius 3 is 2.22 bits per heavy atom. The molecule has 0 aliphatic rings. The van der Waals surface area contributed by atoms with Crippen LogP contribution < -0.4 is 14.8 Å². The van der Waals surface area contributed by atoms with Gasteiger partial charge in [0.15, 0.2) is 6.61 Å². The lowest BCUT2D eigenvalue weighted by molar-refractivity contribution is -0.142. The second kappa shape index (κ2) is 13.3. The normalized spacial score (nSPS) is 11.6. The second-order valence-corrected chi connectivity index (χ2v) is 8.99. The van der Waals surface area contributed by atoms with Gasteiger partial charge in [-0.1, -0.05) is 68.4 Å². The molecule has 1 atom stereocenters. The topological polar surface area (TPSA) is 67.9 Å². The monoisotopic (exact) mass is 488 g/mol. The fourth-order valence-corrected chi connectivity index (χ4v) is 3.99. The van der Waals surface area contributed by atoms with Gasteiger partial charge in [-0.2, -0.15) is 0 Å². The lowest BCUT2D eigenvalue weighted by Gasteiger charge is -2.31. The number of amides is 2. The summed E-state index contributed by atoms with van der Waals surface area (Å²) in [5.74, 6) is 1.26. The molecular formula is C30H36N2O4. The van der Waals surface area contributed by atoms with Gasteiger partial charge in [-0.15, -0.1) is 0 Å². The van der Waals surface area contributed by atoms with E-state index < -0.39 is 6.04 Å². The maximum atomic E-state index is 13.6. The molecule has 3 aromatic rings. The van der Waals surface area contributed by atoms with E-state index in [0.29, 0.717) is 30.4 Å². The van der Waals surface area contributed by atoms with Crippen molar-refractivity contribution in [3.8, 4) is 11.5 Å². The van der Waals surface area contributed by atoms with Crippen molar-refractivity contribution < 1.29 is 19.1 Å². The molecule has 0 spiro atoms. The average Bonchev–Trinajstić information content (AvgIpc) is 2.90. The number of likely N-dealkylation sites (N-methyl/N-ethyl adjacent to an activating group) is 1. The molecule has 0 aliphatic carbocycles. The highest BCUT2D eigenvalue weighted by atomic mass is 16.5. The fraction of sp³-hybridized carbons (Fsp3) is 0.333. The molecule has 2 amide bonds. The molecule has 0 bridgehead atoms. The SMILES string of the molecule is CCNC(=O)[C@H](Cc1ccccc1)N(Cc1cccc(OC)c1)C(=O)COc1ccc(C(C)C)cc1. The molecule has 0 aromatic heterocycles. The first-order valence-electron chi connectivity index (χ1n) is 12.4. The zero-order valence-corrected chi connectivity index (χ0v) is 21.6. The van der Waals surface area contributed by atoms with Crippen LogP contribution in [0.15, 0.2) is 78.9 Å². The van der Waals surface area contributed by atoms with Crippen molar-refractivity contribution >= 4 is 11.8 Å². The number of carbonyl (C=O) groups excluding carboxylic acids is 2. The van der Waals surface area contributed by atoms with Crippen LogP contribution in [0.3, 0.4) is 0 Å². The Labute approximate surface area is 214 Å². The zero-order chi connectivity index (χ0) is 25.9. The van der Waals surface area contributed by atoms with Crippen LogP contribution >= 0.6 is 0 Å². The standard InChI is InChI=1S/C30H36N2O4/c1-5-31-30(34)28(19-23-10-7-6-8-11-23)32(20-24-12-9-13-27(18-24)35-4)29(33)21-36-26-16-14-25(15-17-26)22(2)3/h6-18,22,28H,5,19-21H2,1-4H3,(H,31,34)/t28-/m0/s1.